The van der Waals surface area contributed by atoms with E-state index in [9.17, 15) is 0 Å². The van der Waals surface area contributed by atoms with Crippen molar-refractivity contribution in [2.45, 2.75) is 25.2 Å². The first-order valence-electron chi connectivity index (χ1n) is 6.43. The van der Waals surface area contributed by atoms with Crippen LogP contribution < -0.4 is 0 Å². The second-order valence-electron chi connectivity index (χ2n) is 4.96. The van der Waals surface area contributed by atoms with Crippen molar-refractivity contribution in [2.24, 2.45) is 0 Å². The standard InChI is InChI=1S/C15H19N/c1-4-10-16(11-5-1)12-14-9-8-13-6-2-3-7-15(13)14/h2-3,6-9,14H,1,4-5,10-12H2. The van der Waals surface area contributed by atoms with Gasteiger partial charge >= 0.3 is 0 Å². The van der Waals surface area contributed by atoms with Crippen molar-refractivity contribution in [3.63, 3.8) is 0 Å². The summed E-state index contributed by atoms with van der Waals surface area (Å²) in [5.74, 6) is 0.634. The lowest BCUT2D eigenvalue weighted by Crippen LogP contribution is -2.32. The highest BCUT2D eigenvalue weighted by Crippen LogP contribution is 2.30. The predicted molar refractivity (Wildman–Crippen MR) is 68.5 cm³/mol. The Bertz CT molecular complexity index is 388. The fourth-order valence-electron chi connectivity index (χ4n) is 2.90. The summed E-state index contributed by atoms with van der Waals surface area (Å²) in [6.45, 7) is 3.81. The Kier molecular flexibility index (Phi) is 2.79. The van der Waals surface area contributed by atoms with Crippen LogP contribution in [0.1, 0.15) is 36.3 Å². The van der Waals surface area contributed by atoms with Gasteiger partial charge in [0, 0.05) is 12.5 Å². The number of benzene rings is 1. The van der Waals surface area contributed by atoms with E-state index < -0.39 is 0 Å². The van der Waals surface area contributed by atoms with Crippen LogP contribution in [0.5, 0.6) is 0 Å². The van der Waals surface area contributed by atoms with Crippen LogP contribution in [0.4, 0.5) is 0 Å². The van der Waals surface area contributed by atoms with Gasteiger partial charge < -0.3 is 4.90 Å². The molecule has 1 aliphatic carbocycles. The maximum absolute atomic E-state index is 2.63. The molecule has 0 aromatic heterocycles. The summed E-state index contributed by atoms with van der Waals surface area (Å²) in [5.41, 5.74) is 2.94. The third-order valence-corrected chi connectivity index (χ3v) is 3.81. The molecule has 0 saturated carbocycles. The zero-order valence-corrected chi connectivity index (χ0v) is 9.73. The smallest absolute Gasteiger partial charge is 0.0155 e. The molecule has 1 nitrogen and oxygen atoms in total. The predicted octanol–water partition coefficient (Wildman–Crippen LogP) is 3.28. The van der Waals surface area contributed by atoms with Gasteiger partial charge in [0.15, 0.2) is 0 Å². The molecule has 1 saturated heterocycles. The number of rotatable bonds is 2. The third kappa shape index (κ3) is 1.92. The van der Waals surface area contributed by atoms with E-state index in [0.29, 0.717) is 5.92 Å². The average Bonchev–Trinajstić information content (AvgIpc) is 2.74. The fraction of sp³-hybridized carbons (Fsp3) is 0.467. The second kappa shape index (κ2) is 4.42. The van der Waals surface area contributed by atoms with Crippen LogP contribution in [0.3, 0.4) is 0 Å². The van der Waals surface area contributed by atoms with Gasteiger partial charge in [-0.05, 0) is 37.1 Å². The van der Waals surface area contributed by atoms with Crippen LogP contribution in [0, 0.1) is 0 Å². The Hall–Kier alpha value is -1.08. The van der Waals surface area contributed by atoms with E-state index in [1.165, 1.54) is 50.0 Å². The highest BCUT2D eigenvalue weighted by molar-refractivity contribution is 5.62. The highest BCUT2D eigenvalue weighted by Gasteiger charge is 2.20. The molecule has 1 unspecified atom stereocenters. The molecule has 0 spiro atoms. The zero-order chi connectivity index (χ0) is 10.8. The van der Waals surface area contributed by atoms with E-state index in [2.05, 4.69) is 41.3 Å². The SMILES string of the molecule is C1=CC(CN2CCCCC2)c2ccccc21. The molecule has 0 bridgehead atoms. The van der Waals surface area contributed by atoms with Crippen molar-refractivity contribution in [3.8, 4) is 0 Å². The summed E-state index contributed by atoms with van der Waals surface area (Å²) in [6, 6.07) is 8.80. The molecule has 0 radical (unpaired) electrons. The number of likely N-dealkylation sites (tertiary alicyclic amines) is 1. The number of nitrogens with zero attached hydrogens (tertiary/aromatic N) is 1. The van der Waals surface area contributed by atoms with Crippen molar-refractivity contribution in [1.29, 1.82) is 0 Å². The molecule has 1 aliphatic heterocycles. The summed E-state index contributed by atoms with van der Waals surface area (Å²) in [6.07, 6.45) is 8.85. The first-order chi connectivity index (χ1) is 7.93. The topological polar surface area (TPSA) is 3.24 Å². The minimum atomic E-state index is 0.634. The van der Waals surface area contributed by atoms with Crippen LogP contribution >= 0.6 is 0 Å². The van der Waals surface area contributed by atoms with Crippen LogP contribution in [0.25, 0.3) is 6.08 Å². The van der Waals surface area contributed by atoms with Gasteiger partial charge in [0.1, 0.15) is 0 Å². The van der Waals surface area contributed by atoms with Crippen LogP contribution in [0.2, 0.25) is 0 Å². The Morgan fingerprint density at radius 3 is 2.75 bits per heavy atom. The lowest BCUT2D eigenvalue weighted by Gasteiger charge is -2.28. The van der Waals surface area contributed by atoms with Gasteiger partial charge in [-0.25, -0.2) is 0 Å². The normalized spacial score (nSPS) is 24.6. The van der Waals surface area contributed by atoms with Gasteiger partial charge in [0.2, 0.25) is 0 Å². The van der Waals surface area contributed by atoms with Gasteiger partial charge in [-0.15, -0.1) is 0 Å². The maximum atomic E-state index is 2.63. The number of fused-ring (bicyclic) bond motifs is 1. The van der Waals surface area contributed by atoms with Gasteiger partial charge in [-0.2, -0.15) is 0 Å². The van der Waals surface area contributed by atoms with Gasteiger partial charge in [-0.3, -0.25) is 0 Å². The summed E-state index contributed by atoms with van der Waals surface area (Å²) in [7, 11) is 0. The van der Waals surface area contributed by atoms with Crippen molar-refractivity contribution >= 4 is 6.08 Å². The monoisotopic (exact) mass is 213 g/mol. The molecule has 1 atom stereocenters. The minimum Gasteiger partial charge on any atom is -0.302 e. The zero-order valence-electron chi connectivity index (χ0n) is 9.73. The molecular formula is C15H19N. The quantitative estimate of drug-likeness (QED) is 0.728. The van der Waals surface area contributed by atoms with Crippen molar-refractivity contribution in [1.82, 2.24) is 4.90 Å². The summed E-state index contributed by atoms with van der Waals surface area (Å²) >= 11 is 0. The fourth-order valence-corrected chi connectivity index (χ4v) is 2.90. The Morgan fingerprint density at radius 2 is 1.88 bits per heavy atom. The molecular weight excluding hydrogens is 194 g/mol. The largest absolute Gasteiger partial charge is 0.302 e. The first kappa shape index (κ1) is 10.1. The lowest BCUT2D eigenvalue weighted by molar-refractivity contribution is 0.224. The molecule has 0 amide bonds. The van der Waals surface area contributed by atoms with E-state index >= 15 is 0 Å². The van der Waals surface area contributed by atoms with Gasteiger partial charge in [0.25, 0.3) is 0 Å². The summed E-state index contributed by atoms with van der Waals surface area (Å²) < 4.78 is 0. The van der Waals surface area contributed by atoms with Crippen LogP contribution in [-0.2, 0) is 0 Å². The summed E-state index contributed by atoms with van der Waals surface area (Å²) in [4.78, 5) is 2.63. The highest BCUT2D eigenvalue weighted by atomic mass is 15.1. The van der Waals surface area contributed by atoms with E-state index in [1.807, 2.05) is 0 Å². The van der Waals surface area contributed by atoms with Crippen LogP contribution in [-0.4, -0.2) is 24.5 Å². The first-order valence-corrected chi connectivity index (χ1v) is 6.43. The molecule has 1 heteroatoms. The van der Waals surface area contributed by atoms with E-state index in [-0.39, 0.29) is 0 Å². The van der Waals surface area contributed by atoms with Crippen molar-refractivity contribution in [2.75, 3.05) is 19.6 Å². The number of hydrogen-bond donors (Lipinski definition) is 0. The second-order valence-corrected chi connectivity index (χ2v) is 4.96. The third-order valence-electron chi connectivity index (χ3n) is 3.81. The van der Waals surface area contributed by atoms with Crippen LogP contribution in [0.15, 0.2) is 30.3 Å². The van der Waals surface area contributed by atoms with E-state index in [0.717, 1.165) is 0 Å². The Labute approximate surface area is 97.8 Å². The molecule has 84 valence electrons. The molecule has 1 heterocycles. The van der Waals surface area contributed by atoms with Crippen molar-refractivity contribution < 1.29 is 0 Å². The molecule has 2 aliphatic rings. The Balaban J connectivity index is 1.70. The molecule has 1 fully saturated rings. The average molecular weight is 213 g/mol. The minimum absolute atomic E-state index is 0.634. The molecule has 0 N–H and O–H groups in total. The van der Waals surface area contributed by atoms with Crippen molar-refractivity contribution in [3.05, 3.63) is 41.5 Å². The number of hydrogen-bond acceptors (Lipinski definition) is 1. The molecule has 3 rings (SSSR count). The summed E-state index contributed by atoms with van der Waals surface area (Å²) in [5, 5.41) is 0. The molecule has 1 aromatic carbocycles. The number of piperidine rings is 1. The Morgan fingerprint density at radius 1 is 1.06 bits per heavy atom. The van der Waals surface area contributed by atoms with Gasteiger partial charge in [-0.1, -0.05) is 42.8 Å². The van der Waals surface area contributed by atoms with E-state index in [4.69, 9.17) is 0 Å². The van der Waals surface area contributed by atoms with Gasteiger partial charge in [0.05, 0.1) is 0 Å². The van der Waals surface area contributed by atoms with E-state index in [1.54, 1.807) is 0 Å². The molecule has 1 aromatic rings. The molecule has 16 heavy (non-hydrogen) atoms. The lowest BCUT2D eigenvalue weighted by atomic mass is 9.99. The maximum Gasteiger partial charge on any atom is 0.0155 e.